The molecule has 0 radical (unpaired) electrons. The lowest BCUT2D eigenvalue weighted by Crippen LogP contribution is -2.18. The van der Waals surface area contributed by atoms with Crippen molar-refractivity contribution in [2.45, 2.75) is 0 Å². The number of amides is 2. The topological polar surface area (TPSA) is 134 Å². The zero-order valence-corrected chi connectivity index (χ0v) is 24.9. The number of methoxy groups -OCH3 is 4. The fourth-order valence-electron chi connectivity index (χ4n) is 3.94. The molecule has 4 aromatic carbocycles. The summed E-state index contributed by atoms with van der Waals surface area (Å²) in [4.78, 5) is 38.2. The SMILES string of the molecule is COc1ccc(C(=O)Oc2ccc(Cl)cc2/C=N/NC(=O)c2ccc(NC(=O)c3cc(OC)c(OC)c(OC)c3)cc2)cc1. The summed E-state index contributed by atoms with van der Waals surface area (Å²) >= 11 is 6.12. The standard InChI is InChI=1S/C32H28ClN3O8/c1-40-25-12-7-20(8-13-25)32(39)44-26-14-9-23(33)15-22(26)18-34-36-31(38)19-5-10-24(11-6-19)35-30(37)21-16-27(41-2)29(43-4)28(17-21)42-3/h5-18H,1-4H3,(H,35,37)(H,36,38)/b34-18+. The second kappa shape index (κ2) is 14.6. The van der Waals surface area contributed by atoms with Crippen LogP contribution in [0, 0.1) is 0 Å². The summed E-state index contributed by atoms with van der Waals surface area (Å²) in [6.45, 7) is 0. The Labute approximate surface area is 258 Å². The minimum Gasteiger partial charge on any atom is -0.497 e. The van der Waals surface area contributed by atoms with E-state index in [9.17, 15) is 14.4 Å². The molecule has 0 bridgehead atoms. The zero-order valence-electron chi connectivity index (χ0n) is 24.2. The molecular weight excluding hydrogens is 590 g/mol. The van der Waals surface area contributed by atoms with Gasteiger partial charge >= 0.3 is 5.97 Å². The maximum Gasteiger partial charge on any atom is 0.343 e. The number of hydrogen-bond acceptors (Lipinski definition) is 9. The Balaban J connectivity index is 1.39. The van der Waals surface area contributed by atoms with Gasteiger partial charge in [-0.2, -0.15) is 5.10 Å². The predicted molar refractivity (Wildman–Crippen MR) is 165 cm³/mol. The lowest BCUT2D eigenvalue weighted by atomic mass is 10.1. The highest BCUT2D eigenvalue weighted by atomic mass is 35.5. The van der Waals surface area contributed by atoms with Crippen LogP contribution < -0.4 is 34.4 Å². The van der Waals surface area contributed by atoms with Crippen molar-refractivity contribution in [2.24, 2.45) is 5.10 Å². The number of carbonyl (C=O) groups excluding carboxylic acids is 3. The Morgan fingerprint density at radius 3 is 1.91 bits per heavy atom. The van der Waals surface area contributed by atoms with E-state index in [4.69, 9.17) is 35.3 Å². The van der Waals surface area contributed by atoms with Gasteiger partial charge in [0, 0.05) is 27.4 Å². The van der Waals surface area contributed by atoms with Gasteiger partial charge in [-0.1, -0.05) is 11.6 Å². The van der Waals surface area contributed by atoms with Crippen LogP contribution >= 0.6 is 11.6 Å². The van der Waals surface area contributed by atoms with E-state index in [0.717, 1.165) is 0 Å². The highest BCUT2D eigenvalue weighted by Crippen LogP contribution is 2.38. The molecule has 0 aliphatic heterocycles. The van der Waals surface area contributed by atoms with Crippen molar-refractivity contribution < 1.29 is 38.1 Å². The van der Waals surface area contributed by atoms with E-state index in [0.29, 0.717) is 44.8 Å². The Bertz CT molecular complexity index is 1660. The van der Waals surface area contributed by atoms with Gasteiger partial charge in [-0.25, -0.2) is 10.2 Å². The van der Waals surface area contributed by atoms with Crippen molar-refractivity contribution in [3.8, 4) is 28.7 Å². The van der Waals surface area contributed by atoms with Gasteiger partial charge in [0.2, 0.25) is 5.75 Å². The normalized spacial score (nSPS) is 10.6. The molecule has 0 heterocycles. The van der Waals surface area contributed by atoms with E-state index in [-0.39, 0.29) is 16.9 Å². The second-order valence-corrected chi connectivity index (χ2v) is 9.38. The molecule has 0 aliphatic carbocycles. The highest BCUT2D eigenvalue weighted by Gasteiger charge is 2.17. The smallest absolute Gasteiger partial charge is 0.343 e. The molecule has 2 amide bonds. The van der Waals surface area contributed by atoms with Gasteiger partial charge in [0.1, 0.15) is 11.5 Å². The number of rotatable bonds is 11. The molecule has 12 heteroatoms. The molecule has 0 aliphatic rings. The number of esters is 1. The van der Waals surface area contributed by atoms with E-state index in [1.165, 1.54) is 65.0 Å². The van der Waals surface area contributed by atoms with Crippen molar-refractivity contribution in [3.63, 3.8) is 0 Å². The van der Waals surface area contributed by atoms with Crippen LogP contribution in [0.25, 0.3) is 0 Å². The van der Waals surface area contributed by atoms with Gasteiger partial charge in [0.25, 0.3) is 11.8 Å². The highest BCUT2D eigenvalue weighted by molar-refractivity contribution is 6.31. The van der Waals surface area contributed by atoms with Crippen LogP contribution in [0.4, 0.5) is 5.69 Å². The van der Waals surface area contributed by atoms with Crippen LogP contribution in [0.2, 0.25) is 5.02 Å². The number of hydrazone groups is 1. The predicted octanol–water partition coefficient (Wildman–Crippen LogP) is 5.61. The molecule has 0 saturated carbocycles. The molecule has 0 unspecified atom stereocenters. The molecule has 0 fully saturated rings. The van der Waals surface area contributed by atoms with Gasteiger partial charge in [0.15, 0.2) is 11.5 Å². The summed E-state index contributed by atoms with van der Waals surface area (Å²) in [6.07, 6.45) is 1.31. The van der Waals surface area contributed by atoms with Crippen molar-refractivity contribution in [2.75, 3.05) is 33.8 Å². The molecule has 4 rings (SSSR count). The van der Waals surface area contributed by atoms with Crippen LogP contribution in [0.15, 0.2) is 84.0 Å². The largest absolute Gasteiger partial charge is 0.497 e. The number of hydrogen-bond donors (Lipinski definition) is 2. The number of nitrogens with zero attached hydrogens (tertiary/aromatic N) is 1. The number of ether oxygens (including phenoxy) is 5. The van der Waals surface area contributed by atoms with E-state index < -0.39 is 17.8 Å². The monoisotopic (exact) mass is 617 g/mol. The first-order chi connectivity index (χ1) is 21.3. The van der Waals surface area contributed by atoms with Crippen molar-refractivity contribution in [1.82, 2.24) is 5.43 Å². The van der Waals surface area contributed by atoms with E-state index in [1.54, 1.807) is 48.5 Å². The molecule has 11 nitrogen and oxygen atoms in total. The van der Waals surface area contributed by atoms with Crippen LogP contribution in [0.3, 0.4) is 0 Å². The molecule has 2 N–H and O–H groups in total. The first kappa shape index (κ1) is 31.4. The number of halogens is 1. The van der Waals surface area contributed by atoms with Crippen molar-refractivity contribution in [1.29, 1.82) is 0 Å². The van der Waals surface area contributed by atoms with Crippen LogP contribution in [-0.4, -0.2) is 52.4 Å². The molecule has 0 atom stereocenters. The van der Waals surface area contributed by atoms with Crippen LogP contribution in [-0.2, 0) is 0 Å². The first-order valence-electron chi connectivity index (χ1n) is 13.0. The van der Waals surface area contributed by atoms with E-state index >= 15 is 0 Å². The maximum absolute atomic E-state index is 12.9. The van der Waals surface area contributed by atoms with Crippen LogP contribution in [0.5, 0.6) is 28.7 Å². The molecule has 44 heavy (non-hydrogen) atoms. The lowest BCUT2D eigenvalue weighted by Gasteiger charge is -2.14. The van der Waals surface area contributed by atoms with Gasteiger partial charge in [-0.3, -0.25) is 9.59 Å². The third-order valence-electron chi connectivity index (χ3n) is 6.20. The average molecular weight is 618 g/mol. The molecule has 0 aromatic heterocycles. The second-order valence-electron chi connectivity index (χ2n) is 8.94. The number of benzene rings is 4. The van der Waals surface area contributed by atoms with E-state index in [1.807, 2.05) is 0 Å². The fraction of sp³-hybridized carbons (Fsp3) is 0.125. The summed E-state index contributed by atoms with van der Waals surface area (Å²) in [5.74, 6) is 0.317. The van der Waals surface area contributed by atoms with E-state index in [2.05, 4.69) is 15.8 Å². The third kappa shape index (κ3) is 7.64. The number of nitrogens with one attached hydrogen (secondary N) is 2. The summed E-state index contributed by atoms with van der Waals surface area (Å²) in [5.41, 5.74) is 4.12. The molecule has 0 spiro atoms. The Morgan fingerprint density at radius 2 is 1.32 bits per heavy atom. The van der Waals surface area contributed by atoms with Gasteiger partial charge in [0.05, 0.1) is 40.2 Å². The quantitative estimate of drug-likeness (QED) is 0.0960. The summed E-state index contributed by atoms with van der Waals surface area (Å²) in [5, 5.41) is 7.13. The van der Waals surface area contributed by atoms with Gasteiger partial charge in [-0.15, -0.1) is 0 Å². The number of anilines is 1. The fourth-order valence-corrected chi connectivity index (χ4v) is 4.12. The Kier molecular flexibility index (Phi) is 10.4. The minimum absolute atomic E-state index is 0.195. The average Bonchev–Trinajstić information content (AvgIpc) is 3.05. The molecule has 226 valence electrons. The lowest BCUT2D eigenvalue weighted by molar-refractivity contribution is 0.0733. The van der Waals surface area contributed by atoms with Crippen molar-refractivity contribution in [3.05, 3.63) is 106 Å². The molecule has 0 saturated heterocycles. The van der Waals surface area contributed by atoms with Crippen molar-refractivity contribution >= 4 is 41.3 Å². The number of carbonyl (C=O) groups is 3. The summed E-state index contributed by atoms with van der Waals surface area (Å²) < 4.78 is 26.5. The van der Waals surface area contributed by atoms with Gasteiger partial charge < -0.3 is 29.0 Å². The Hall–Kier alpha value is -5.55. The molecule has 4 aromatic rings. The summed E-state index contributed by atoms with van der Waals surface area (Å²) in [6, 6.07) is 20.3. The van der Waals surface area contributed by atoms with Gasteiger partial charge in [-0.05, 0) is 78.9 Å². The third-order valence-corrected chi connectivity index (χ3v) is 6.44. The first-order valence-corrected chi connectivity index (χ1v) is 13.3. The maximum atomic E-state index is 12.9. The minimum atomic E-state index is -0.592. The summed E-state index contributed by atoms with van der Waals surface area (Å²) in [7, 11) is 5.92. The van der Waals surface area contributed by atoms with Crippen LogP contribution in [0.1, 0.15) is 36.6 Å². The zero-order chi connectivity index (χ0) is 31.6. The Morgan fingerprint density at radius 1 is 0.682 bits per heavy atom. The molecular formula is C32H28ClN3O8.